The molecule has 4 heteroatoms. The first-order chi connectivity index (χ1) is 6.50. The number of nitrogens with zero attached hydrogens (tertiary/aromatic N) is 3. The molecule has 1 aromatic rings. The molecule has 0 saturated heterocycles. The lowest BCUT2D eigenvalue weighted by Crippen LogP contribution is -2.29. The number of carbonyl (C=O) groups is 1. The molecule has 0 aliphatic rings. The molecule has 4 nitrogen and oxygen atoms in total. The molecule has 0 fully saturated rings. The van der Waals surface area contributed by atoms with E-state index in [1.165, 1.54) is 13.3 Å². The van der Waals surface area contributed by atoms with Gasteiger partial charge in [0, 0.05) is 5.69 Å². The highest BCUT2D eigenvalue weighted by Crippen LogP contribution is 2.21. The van der Waals surface area contributed by atoms with Crippen molar-refractivity contribution in [2.75, 3.05) is 0 Å². The second-order valence-corrected chi connectivity index (χ2v) is 3.34. The van der Waals surface area contributed by atoms with Crippen molar-refractivity contribution < 1.29 is 4.79 Å². The summed E-state index contributed by atoms with van der Waals surface area (Å²) in [7, 11) is 0. The lowest BCUT2D eigenvalue weighted by Gasteiger charge is -2.16. The highest BCUT2D eigenvalue weighted by atomic mass is 16.1. The molecular formula is C10H11N3O. The number of nitriles is 1. The van der Waals surface area contributed by atoms with Crippen LogP contribution in [0, 0.1) is 18.3 Å². The number of aromatic nitrogens is 2. The van der Waals surface area contributed by atoms with E-state index >= 15 is 0 Å². The van der Waals surface area contributed by atoms with Gasteiger partial charge in [-0.1, -0.05) is 0 Å². The smallest absolute Gasteiger partial charge is 0.155 e. The van der Waals surface area contributed by atoms with Crippen LogP contribution in [0.3, 0.4) is 0 Å². The third kappa shape index (κ3) is 1.62. The number of Topliss-reactive ketones (excluding diaryl/α,β-unsaturated/α-hetero) is 1. The first-order valence-electron chi connectivity index (χ1n) is 4.22. The zero-order chi connectivity index (χ0) is 10.8. The predicted molar refractivity (Wildman–Crippen MR) is 50.4 cm³/mol. The van der Waals surface area contributed by atoms with Crippen LogP contribution >= 0.6 is 0 Å². The van der Waals surface area contributed by atoms with Gasteiger partial charge in [-0.15, -0.1) is 0 Å². The third-order valence-corrected chi connectivity index (χ3v) is 2.24. The summed E-state index contributed by atoms with van der Waals surface area (Å²) in [6, 6.07) is 3.64. The van der Waals surface area contributed by atoms with Gasteiger partial charge in [0.2, 0.25) is 0 Å². The second kappa shape index (κ2) is 3.54. The summed E-state index contributed by atoms with van der Waals surface area (Å²) in [6.07, 6.45) is 1.36. The van der Waals surface area contributed by atoms with Crippen LogP contribution in [0.2, 0.25) is 0 Å². The largest absolute Gasteiger partial charge is 0.298 e. The van der Waals surface area contributed by atoms with Crippen LogP contribution in [0.5, 0.6) is 0 Å². The SMILES string of the molecule is CC(=O)C(C)(C#N)c1cc(C)ncn1. The van der Waals surface area contributed by atoms with Crippen molar-refractivity contribution in [3.63, 3.8) is 0 Å². The van der Waals surface area contributed by atoms with Crippen LogP contribution in [0.15, 0.2) is 12.4 Å². The van der Waals surface area contributed by atoms with Crippen LogP contribution in [-0.2, 0) is 10.2 Å². The summed E-state index contributed by atoms with van der Waals surface area (Å²) in [5.74, 6) is -0.210. The van der Waals surface area contributed by atoms with E-state index in [-0.39, 0.29) is 5.78 Å². The molecular weight excluding hydrogens is 178 g/mol. The average molecular weight is 189 g/mol. The molecule has 0 N–H and O–H groups in total. The Bertz CT molecular complexity index is 408. The minimum atomic E-state index is -1.16. The Morgan fingerprint density at radius 2 is 2.21 bits per heavy atom. The number of hydrogen-bond acceptors (Lipinski definition) is 4. The second-order valence-electron chi connectivity index (χ2n) is 3.34. The van der Waals surface area contributed by atoms with Gasteiger partial charge in [0.05, 0.1) is 11.8 Å². The Morgan fingerprint density at radius 3 is 2.64 bits per heavy atom. The van der Waals surface area contributed by atoms with Crippen molar-refractivity contribution in [1.29, 1.82) is 5.26 Å². The first-order valence-corrected chi connectivity index (χ1v) is 4.22. The maximum absolute atomic E-state index is 11.3. The molecule has 1 heterocycles. The van der Waals surface area contributed by atoms with Gasteiger partial charge in [0.25, 0.3) is 0 Å². The lowest BCUT2D eigenvalue weighted by molar-refractivity contribution is -0.120. The molecule has 0 spiro atoms. The molecule has 0 aromatic carbocycles. The van der Waals surface area contributed by atoms with Crippen molar-refractivity contribution >= 4 is 5.78 Å². The van der Waals surface area contributed by atoms with Gasteiger partial charge in [0.15, 0.2) is 11.2 Å². The molecule has 1 rings (SSSR count). The predicted octanol–water partition coefficient (Wildman–Crippen LogP) is 1.16. The zero-order valence-electron chi connectivity index (χ0n) is 8.40. The van der Waals surface area contributed by atoms with E-state index in [0.29, 0.717) is 5.69 Å². The Hall–Kier alpha value is -1.76. The Labute approximate surface area is 82.6 Å². The Kier molecular flexibility index (Phi) is 2.61. The summed E-state index contributed by atoms with van der Waals surface area (Å²) in [5, 5.41) is 8.97. The quantitative estimate of drug-likeness (QED) is 0.700. The molecule has 1 unspecified atom stereocenters. The first kappa shape index (κ1) is 10.3. The third-order valence-electron chi connectivity index (χ3n) is 2.24. The number of carbonyl (C=O) groups excluding carboxylic acids is 1. The minimum absolute atomic E-state index is 0.210. The van der Waals surface area contributed by atoms with Crippen molar-refractivity contribution in [2.45, 2.75) is 26.2 Å². The fourth-order valence-electron chi connectivity index (χ4n) is 1.04. The van der Waals surface area contributed by atoms with E-state index in [1.54, 1.807) is 19.9 Å². The van der Waals surface area contributed by atoms with E-state index in [0.717, 1.165) is 5.69 Å². The number of hydrogen-bond donors (Lipinski definition) is 0. The number of aryl methyl sites for hydroxylation is 1. The van der Waals surface area contributed by atoms with E-state index in [4.69, 9.17) is 5.26 Å². The molecule has 0 amide bonds. The topological polar surface area (TPSA) is 66.6 Å². The monoisotopic (exact) mass is 189 g/mol. The lowest BCUT2D eigenvalue weighted by atomic mass is 9.84. The van der Waals surface area contributed by atoms with E-state index in [9.17, 15) is 4.79 Å². The number of ketones is 1. The van der Waals surface area contributed by atoms with Crippen LogP contribution < -0.4 is 0 Å². The molecule has 0 aliphatic heterocycles. The zero-order valence-corrected chi connectivity index (χ0v) is 8.40. The van der Waals surface area contributed by atoms with Crippen molar-refractivity contribution in [3.05, 3.63) is 23.8 Å². The molecule has 0 saturated carbocycles. The van der Waals surface area contributed by atoms with Gasteiger partial charge in [-0.2, -0.15) is 5.26 Å². The normalized spacial score (nSPS) is 14.1. The summed E-state index contributed by atoms with van der Waals surface area (Å²) >= 11 is 0. The Morgan fingerprint density at radius 1 is 1.57 bits per heavy atom. The summed E-state index contributed by atoms with van der Waals surface area (Å²) in [5.41, 5.74) is 0.0472. The minimum Gasteiger partial charge on any atom is -0.298 e. The van der Waals surface area contributed by atoms with Crippen LogP contribution in [0.25, 0.3) is 0 Å². The van der Waals surface area contributed by atoms with Gasteiger partial charge in [-0.05, 0) is 26.8 Å². The Balaban J connectivity index is 3.28. The summed E-state index contributed by atoms with van der Waals surface area (Å²) < 4.78 is 0. The average Bonchev–Trinajstić information content (AvgIpc) is 2.16. The maximum atomic E-state index is 11.3. The summed E-state index contributed by atoms with van der Waals surface area (Å²) in [6.45, 7) is 4.75. The van der Waals surface area contributed by atoms with Gasteiger partial charge in [-0.3, -0.25) is 4.79 Å². The number of rotatable bonds is 2. The molecule has 0 aliphatic carbocycles. The highest BCUT2D eigenvalue weighted by Gasteiger charge is 2.33. The molecule has 1 aromatic heterocycles. The van der Waals surface area contributed by atoms with Gasteiger partial charge in [0.1, 0.15) is 6.33 Å². The van der Waals surface area contributed by atoms with Gasteiger partial charge in [-0.25, -0.2) is 9.97 Å². The fraction of sp³-hybridized carbons (Fsp3) is 0.400. The molecule has 72 valence electrons. The van der Waals surface area contributed by atoms with Crippen LogP contribution in [0.1, 0.15) is 25.2 Å². The van der Waals surface area contributed by atoms with E-state index < -0.39 is 5.41 Å². The standard InChI is InChI=1S/C10H11N3O/c1-7-4-9(13-6-12-7)10(3,5-11)8(2)14/h4,6H,1-3H3. The van der Waals surface area contributed by atoms with Crippen LogP contribution in [-0.4, -0.2) is 15.8 Å². The maximum Gasteiger partial charge on any atom is 0.155 e. The van der Waals surface area contributed by atoms with Crippen LogP contribution in [0.4, 0.5) is 0 Å². The van der Waals surface area contributed by atoms with Crippen molar-refractivity contribution in [3.8, 4) is 6.07 Å². The van der Waals surface area contributed by atoms with Crippen molar-refractivity contribution in [2.24, 2.45) is 0 Å². The molecule has 14 heavy (non-hydrogen) atoms. The van der Waals surface area contributed by atoms with E-state index in [2.05, 4.69) is 9.97 Å². The molecule has 1 atom stereocenters. The van der Waals surface area contributed by atoms with Gasteiger partial charge >= 0.3 is 0 Å². The summed E-state index contributed by atoms with van der Waals surface area (Å²) in [4.78, 5) is 19.2. The van der Waals surface area contributed by atoms with Crippen molar-refractivity contribution in [1.82, 2.24) is 9.97 Å². The van der Waals surface area contributed by atoms with Gasteiger partial charge < -0.3 is 0 Å². The highest BCUT2D eigenvalue weighted by molar-refractivity contribution is 5.90. The van der Waals surface area contributed by atoms with E-state index in [1.807, 2.05) is 6.07 Å². The molecule has 0 bridgehead atoms. The molecule has 0 radical (unpaired) electrons. The fourth-order valence-corrected chi connectivity index (χ4v) is 1.04.